The summed E-state index contributed by atoms with van der Waals surface area (Å²) in [5.41, 5.74) is 0.0828. The maximum atomic E-state index is 5.58. The summed E-state index contributed by atoms with van der Waals surface area (Å²) in [4.78, 5) is 4.35. The third-order valence-electron chi connectivity index (χ3n) is 3.67. The molecular weight excluding hydrogens is 202 g/mol. The molecule has 1 heterocycles. The van der Waals surface area contributed by atoms with Crippen molar-refractivity contribution in [1.82, 2.24) is 14.9 Å². The van der Waals surface area contributed by atoms with Crippen LogP contribution in [0, 0.1) is 0 Å². The van der Waals surface area contributed by atoms with Gasteiger partial charge in [0, 0.05) is 33.1 Å². The Kier molecular flexibility index (Phi) is 3.30. The molecule has 4 heteroatoms. The molecule has 0 spiro atoms. The predicted molar refractivity (Wildman–Crippen MR) is 63.2 cm³/mol. The van der Waals surface area contributed by atoms with E-state index in [1.807, 2.05) is 26.6 Å². The lowest BCUT2D eigenvalue weighted by molar-refractivity contribution is -0.0708. The number of methoxy groups -OCH3 is 1. The smallest absolute Gasteiger partial charge is 0.125 e. The number of nitrogens with zero attached hydrogens (tertiary/aromatic N) is 2. The van der Waals surface area contributed by atoms with Crippen LogP contribution >= 0.6 is 0 Å². The number of rotatable bonds is 5. The van der Waals surface area contributed by atoms with Crippen LogP contribution in [-0.4, -0.2) is 28.8 Å². The summed E-state index contributed by atoms with van der Waals surface area (Å²) in [6.45, 7) is 3.06. The Balaban J connectivity index is 1.88. The Hall–Kier alpha value is -0.870. The average Bonchev–Trinajstić information content (AvgIpc) is 2.63. The number of nitrogens with one attached hydrogen (secondary N) is 1. The Labute approximate surface area is 97.0 Å². The minimum atomic E-state index is 0.0828. The predicted octanol–water partition coefficient (Wildman–Crippen LogP) is 1.64. The molecule has 4 nitrogen and oxygen atoms in total. The van der Waals surface area contributed by atoms with Crippen LogP contribution in [0.25, 0.3) is 0 Å². The second-order valence-corrected chi connectivity index (χ2v) is 4.74. The maximum Gasteiger partial charge on any atom is 0.125 e. The number of hydrogen-bond acceptors (Lipinski definition) is 3. The highest BCUT2D eigenvalue weighted by Crippen LogP contribution is 2.34. The largest absolute Gasteiger partial charge is 0.377 e. The first-order valence-electron chi connectivity index (χ1n) is 5.93. The van der Waals surface area contributed by atoms with Gasteiger partial charge in [-0.1, -0.05) is 0 Å². The Morgan fingerprint density at radius 2 is 2.38 bits per heavy atom. The van der Waals surface area contributed by atoms with Crippen LogP contribution in [0.15, 0.2) is 12.4 Å². The van der Waals surface area contributed by atoms with Gasteiger partial charge in [0.2, 0.25) is 0 Å². The van der Waals surface area contributed by atoms with Crippen molar-refractivity contribution in [2.24, 2.45) is 7.05 Å². The second kappa shape index (κ2) is 4.55. The molecule has 0 saturated heterocycles. The number of imidazole rings is 1. The molecule has 0 radical (unpaired) electrons. The summed E-state index contributed by atoms with van der Waals surface area (Å²) in [6.07, 6.45) is 7.44. The third-order valence-corrected chi connectivity index (χ3v) is 3.67. The van der Waals surface area contributed by atoms with E-state index in [-0.39, 0.29) is 11.6 Å². The lowest BCUT2D eigenvalue weighted by atomic mass is 9.80. The Morgan fingerprint density at radius 3 is 2.81 bits per heavy atom. The molecule has 1 aromatic heterocycles. The first-order valence-corrected chi connectivity index (χ1v) is 5.93. The molecule has 1 unspecified atom stereocenters. The van der Waals surface area contributed by atoms with Gasteiger partial charge in [0.15, 0.2) is 0 Å². The second-order valence-electron chi connectivity index (χ2n) is 4.74. The van der Waals surface area contributed by atoms with Crippen molar-refractivity contribution < 1.29 is 4.74 Å². The minimum absolute atomic E-state index is 0.0828. The van der Waals surface area contributed by atoms with Crippen molar-refractivity contribution in [2.75, 3.05) is 13.7 Å². The van der Waals surface area contributed by atoms with E-state index in [2.05, 4.69) is 21.8 Å². The monoisotopic (exact) mass is 223 g/mol. The topological polar surface area (TPSA) is 39.1 Å². The fourth-order valence-corrected chi connectivity index (χ4v) is 2.25. The lowest BCUT2D eigenvalue weighted by Gasteiger charge is -2.41. The van der Waals surface area contributed by atoms with E-state index in [9.17, 15) is 0 Å². The highest BCUT2D eigenvalue weighted by molar-refractivity contribution is 4.99. The van der Waals surface area contributed by atoms with Crippen LogP contribution in [0.2, 0.25) is 0 Å². The van der Waals surface area contributed by atoms with Crippen molar-refractivity contribution in [2.45, 2.75) is 37.8 Å². The Morgan fingerprint density at radius 1 is 1.62 bits per heavy atom. The molecule has 1 aromatic rings. The zero-order valence-electron chi connectivity index (χ0n) is 10.4. The van der Waals surface area contributed by atoms with Crippen molar-refractivity contribution in [3.8, 4) is 0 Å². The SMILES string of the molecule is COC1(CNC(C)c2nccn2C)CCC1. The molecule has 1 fully saturated rings. The van der Waals surface area contributed by atoms with Gasteiger partial charge < -0.3 is 14.6 Å². The Bertz CT molecular complexity index is 338. The molecule has 0 bridgehead atoms. The highest BCUT2D eigenvalue weighted by Gasteiger charge is 2.37. The van der Waals surface area contributed by atoms with Gasteiger partial charge in [-0.2, -0.15) is 0 Å². The summed E-state index contributed by atoms with van der Waals surface area (Å²) < 4.78 is 7.64. The van der Waals surface area contributed by atoms with Crippen LogP contribution in [0.3, 0.4) is 0 Å². The normalized spacial score (nSPS) is 20.4. The molecule has 0 aliphatic heterocycles. The molecule has 1 N–H and O–H groups in total. The van der Waals surface area contributed by atoms with E-state index >= 15 is 0 Å². The highest BCUT2D eigenvalue weighted by atomic mass is 16.5. The summed E-state index contributed by atoms with van der Waals surface area (Å²) in [7, 11) is 3.84. The van der Waals surface area contributed by atoms with Crippen molar-refractivity contribution >= 4 is 0 Å². The van der Waals surface area contributed by atoms with Gasteiger partial charge in [0.25, 0.3) is 0 Å². The fourth-order valence-electron chi connectivity index (χ4n) is 2.25. The van der Waals surface area contributed by atoms with Crippen LogP contribution in [0.1, 0.15) is 38.1 Å². The van der Waals surface area contributed by atoms with Crippen LogP contribution in [0.5, 0.6) is 0 Å². The average molecular weight is 223 g/mol. The number of aryl methyl sites for hydroxylation is 1. The molecule has 16 heavy (non-hydrogen) atoms. The van der Waals surface area contributed by atoms with Gasteiger partial charge in [-0.3, -0.25) is 0 Å². The molecule has 1 atom stereocenters. The van der Waals surface area contributed by atoms with Gasteiger partial charge in [0.1, 0.15) is 5.82 Å². The molecule has 1 saturated carbocycles. The van der Waals surface area contributed by atoms with Crippen LogP contribution < -0.4 is 5.32 Å². The molecule has 0 amide bonds. The van der Waals surface area contributed by atoms with Gasteiger partial charge in [-0.15, -0.1) is 0 Å². The van der Waals surface area contributed by atoms with E-state index in [1.165, 1.54) is 19.3 Å². The van der Waals surface area contributed by atoms with Gasteiger partial charge >= 0.3 is 0 Å². The van der Waals surface area contributed by atoms with E-state index in [0.717, 1.165) is 12.4 Å². The molecule has 0 aromatic carbocycles. The lowest BCUT2D eigenvalue weighted by Crippen LogP contribution is -2.48. The van der Waals surface area contributed by atoms with Crippen molar-refractivity contribution in [3.05, 3.63) is 18.2 Å². The van der Waals surface area contributed by atoms with E-state index in [1.54, 1.807) is 0 Å². The molecule has 2 rings (SSSR count). The number of hydrogen-bond donors (Lipinski definition) is 1. The van der Waals surface area contributed by atoms with Crippen LogP contribution in [-0.2, 0) is 11.8 Å². The van der Waals surface area contributed by atoms with Gasteiger partial charge in [-0.05, 0) is 26.2 Å². The molecule has 1 aliphatic rings. The van der Waals surface area contributed by atoms with Gasteiger partial charge in [-0.25, -0.2) is 4.98 Å². The van der Waals surface area contributed by atoms with Crippen molar-refractivity contribution in [3.63, 3.8) is 0 Å². The quantitative estimate of drug-likeness (QED) is 0.825. The van der Waals surface area contributed by atoms with E-state index in [4.69, 9.17) is 4.74 Å². The molecular formula is C12H21N3O. The fraction of sp³-hybridized carbons (Fsp3) is 0.750. The first-order chi connectivity index (χ1) is 7.67. The first kappa shape index (κ1) is 11.6. The molecule has 1 aliphatic carbocycles. The van der Waals surface area contributed by atoms with E-state index in [0.29, 0.717) is 0 Å². The summed E-state index contributed by atoms with van der Waals surface area (Å²) >= 11 is 0. The zero-order chi connectivity index (χ0) is 11.6. The van der Waals surface area contributed by atoms with Crippen molar-refractivity contribution in [1.29, 1.82) is 0 Å². The summed E-state index contributed by atoms with van der Waals surface area (Å²) in [5, 5.41) is 3.51. The van der Waals surface area contributed by atoms with Gasteiger partial charge in [0.05, 0.1) is 11.6 Å². The summed E-state index contributed by atoms with van der Waals surface area (Å²) in [6, 6.07) is 0.271. The minimum Gasteiger partial charge on any atom is -0.377 e. The maximum absolute atomic E-state index is 5.58. The number of ether oxygens (including phenoxy) is 1. The summed E-state index contributed by atoms with van der Waals surface area (Å²) in [5.74, 6) is 1.07. The van der Waals surface area contributed by atoms with E-state index < -0.39 is 0 Å². The standard InChI is InChI=1S/C12H21N3O/c1-10(11-13-7-8-15(11)2)14-9-12(16-3)5-4-6-12/h7-8,10,14H,4-6,9H2,1-3H3. The third kappa shape index (κ3) is 2.13. The zero-order valence-corrected chi connectivity index (χ0v) is 10.4. The molecule has 90 valence electrons. The van der Waals surface area contributed by atoms with Crippen LogP contribution in [0.4, 0.5) is 0 Å². The number of aromatic nitrogens is 2.